The first kappa shape index (κ1) is 15.1. The van der Waals surface area contributed by atoms with Crippen LogP contribution in [0.15, 0.2) is 47.1 Å². The van der Waals surface area contributed by atoms with Gasteiger partial charge in [0, 0.05) is 5.69 Å². The second-order valence-electron chi connectivity index (χ2n) is 5.14. The molecule has 2 aromatic heterocycles. The maximum absolute atomic E-state index is 5.24. The molecule has 0 unspecified atom stereocenters. The van der Waals surface area contributed by atoms with Gasteiger partial charge in [-0.1, -0.05) is 36.4 Å². The molecule has 0 aliphatic carbocycles. The Morgan fingerprint density at radius 3 is 2.70 bits per heavy atom. The number of allylic oxidation sites excluding steroid dienone is 1. The summed E-state index contributed by atoms with van der Waals surface area (Å²) in [5.41, 5.74) is 3.76. The number of nitrogens with one attached hydrogen (secondary N) is 2. The van der Waals surface area contributed by atoms with E-state index in [-0.39, 0.29) is 0 Å². The van der Waals surface area contributed by atoms with Crippen LogP contribution in [0.1, 0.15) is 18.2 Å². The Balaban J connectivity index is 1.90. The Bertz CT molecular complexity index is 913. The highest BCUT2D eigenvalue weighted by Crippen LogP contribution is 2.15. The number of aromatic nitrogens is 5. The molecule has 23 heavy (non-hydrogen) atoms. The Morgan fingerprint density at radius 1 is 1.22 bits per heavy atom. The molecule has 0 bridgehead atoms. The molecule has 3 rings (SSSR count). The molecule has 0 atom stereocenters. The first-order valence-corrected chi connectivity index (χ1v) is 7.52. The molecule has 0 saturated heterocycles. The average molecular weight is 324 g/mol. The van der Waals surface area contributed by atoms with E-state index in [1.54, 1.807) is 10.9 Å². The molecule has 0 aliphatic heterocycles. The number of hydrogen-bond acceptors (Lipinski definition) is 4. The van der Waals surface area contributed by atoms with Crippen molar-refractivity contribution < 1.29 is 0 Å². The van der Waals surface area contributed by atoms with Gasteiger partial charge in [-0.05, 0) is 43.3 Å². The van der Waals surface area contributed by atoms with E-state index in [9.17, 15) is 0 Å². The van der Waals surface area contributed by atoms with Crippen LogP contribution in [0.2, 0.25) is 0 Å². The van der Waals surface area contributed by atoms with Gasteiger partial charge in [-0.25, -0.2) is 5.10 Å². The van der Waals surface area contributed by atoms with Crippen LogP contribution < -0.4 is 0 Å². The third-order valence-corrected chi connectivity index (χ3v) is 3.42. The number of nitrogens with zero attached hydrogens (tertiary/aromatic N) is 4. The third kappa shape index (κ3) is 3.51. The molecule has 6 nitrogen and oxygen atoms in total. The summed E-state index contributed by atoms with van der Waals surface area (Å²) in [7, 11) is 0. The molecular weight excluding hydrogens is 308 g/mol. The minimum Gasteiger partial charge on any atom is -0.282 e. The largest absolute Gasteiger partial charge is 0.282 e. The second-order valence-corrected chi connectivity index (χ2v) is 5.53. The fourth-order valence-electron chi connectivity index (χ4n) is 2.10. The van der Waals surface area contributed by atoms with Crippen molar-refractivity contribution in [2.45, 2.75) is 13.8 Å². The van der Waals surface area contributed by atoms with E-state index in [0.717, 1.165) is 16.8 Å². The van der Waals surface area contributed by atoms with E-state index in [0.29, 0.717) is 16.3 Å². The molecule has 116 valence electrons. The molecule has 0 spiro atoms. The lowest BCUT2D eigenvalue weighted by atomic mass is 10.1. The molecule has 3 aromatic rings. The fraction of sp³-hybridized carbons (Fsp3) is 0.125. The van der Waals surface area contributed by atoms with Gasteiger partial charge < -0.3 is 0 Å². The van der Waals surface area contributed by atoms with Crippen LogP contribution >= 0.6 is 12.2 Å². The zero-order valence-electron chi connectivity index (χ0n) is 12.8. The van der Waals surface area contributed by atoms with Crippen LogP contribution in [0.5, 0.6) is 0 Å². The zero-order valence-corrected chi connectivity index (χ0v) is 13.6. The second kappa shape index (κ2) is 6.53. The van der Waals surface area contributed by atoms with E-state index in [2.05, 4.69) is 25.5 Å². The van der Waals surface area contributed by atoms with Crippen LogP contribution in [0.4, 0.5) is 0 Å². The van der Waals surface area contributed by atoms with Gasteiger partial charge in [-0.3, -0.25) is 5.10 Å². The van der Waals surface area contributed by atoms with Crippen LogP contribution in [-0.2, 0) is 0 Å². The van der Waals surface area contributed by atoms with E-state index < -0.39 is 0 Å². The standard InChI is InChI=1S/C16H16N6S/c1-11(8-13-6-4-3-5-7-13)10-17-22-15(20-21-16(22)23)14-9-12(2)18-19-14/h3-10H,1-2H3,(H,18,19)(H,21,23)/b11-8+,17-10-. The fourth-order valence-corrected chi connectivity index (χ4v) is 2.27. The van der Waals surface area contributed by atoms with Gasteiger partial charge in [-0.15, -0.1) is 0 Å². The van der Waals surface area contributed by atoms with E-state index in [1.165, 1.54) is 0 Å². The number of aromatic amines is 2. The Morgan fingerprint density at radius 2 is 2.00 bits per heavy atom. The van der Waals surface area contributed by atoms with E-state index in [1.807, 2.05) is 56.3 Å². The summed E-state index contributed by atoms with van der Waals surface area (Å²) in [6.45, 7) is 3.91. The molecule has 0 radical (unpaired) electrons. The summed E-state index contributed by atoms with van der Waals surface area (Å²) < 4.78 is 1.98. The van der Waals surface area contributed by atoms with Crippen molar-refractivity contribution in [2.24, 2.45) is 5.10 Å². The lowest BCUT2D eigenvalue weighted by Gasteiger charge is -1.98. The molecular formula is C16H16N6S. The molecule has 0 aliphatic rings. The lowest BCUT2D eigenvalue weighted by molar-refractivity contribution is 0.865. The van der Waals surface area contributed by atoms with Crippen molar-refractivity contribution >= 4 is 24.5 Å². The van der Waals surface area contributed by atoms with Gasteiger partial charge in [0.25, 0.3) is 0 Å². The van der Waals surface area contributed by atoms with Crippen LogP contribution in [0, 0.1) is 11.7 Å². The van der Waals surface area contributed by atoms with E-state index >= 15 is 0 Å². The molecule has 2 heterocycles. The van der Waals surface area contributed by atoms with E-state index in [4.69, 9.17) is 12.2 Å². The van der Waals surface area contributed by atoms with Crippen molar-refractivity contribution in [3.05, 3.63) is 58.0 Å². The monoisotopic (exact) mass is 324 g/mol. The highest BCUT2D eigenvalue weighted by Gasteiger charge is 2.10. The predicted molar refractivity (Wildman–Crippen MR) is 93.7 cm³/mol. The van der Waals surface area contributed by atoms with Crippen molar-refractivity contribution in [1.29, 1.82) is 0 Å². The Hall–Kier alpha value is -2.80. The summed E-state index contributed by atoms with van der Waals surface area (Å²) in [4.78, 5) is 0. The zero-order chi connectivity index (χ0) is 16.2. The minimum absolute atomic E-state index is 0.421. The van der Waals surface area contributed by atoms with Gasteiger partial charge >= 0.3 is 0 Å². The number of aryl methyl sites for hydroxylation is 1. The number of hydrogen-bond donors (Lipinski definition) is 2. The normalized spacial score (nSPS) is 12.2. The predicted octanol–water partition coefficient (Wildman–Crippen LogP) is 3.58. The highest BCUT2D eigenvalue weighted by molar-refractivity contribution is 7.71. The van der Waals surface area contributed by atoms with Crippen LogP contribution in [0.3, 0.4) is 0 Å². The van der Waals surface area contributed by atoms with Crippen molar-refractivity contribution in [3.8, 4) is 11.5 Å². The molecule has 0 fully saturated rings. The van der Waals surface area contributed by atoms with Crippen molar-refractivity contribution in [3.63, 3.8) is 0 Å². The Labute approximate surface area is 138 Å². The third-order valence-electron chi connectivity index (χ3n) is 3.16. The van der Waals surface area contributed by atoms with Gasteiger partial charge in [0.15, 0.2) is 0 Å². The van der Waals surface area contributed by atoms with Gasteiger partial charge in [0.1, 0.15) is 5.69 Å². The summed E-state index contributed by atoms with van der Waals surface area (Å²) >= 11 is 5.24. The maximum atomic E-state index is 5.24. The molecule has 1 aromatic carbocycles. The SMILES string of the molecule is CC(/C=N\n1c(-c2cc(C)[nH]n2)n[nH]c1=S)=C\c1ccccc1. The molecule has 2 N–H and O–H groups in total. The van der Waals surface area contributed by atoms with Gasteiger partial charge in [-0.2, -0.15) is 20.0 Å². The molecule has 0 amide bonds. The van der Waals surface area contributed by atoms with Gasteiger partial charge in [0.2, 0.25) is 10.6 Å². The Kier molecular flexibility index (Phi) is 4.29. The summed E-state index contributed by atoms with van der Waals surface area (Å²) in [6, 6.07) is 12.0. The summed E-state index contributed by atoms with van der Waals surface area (Å²) in [5, 5.41) is 18.4. The average Bonchev–Trinajstić information content (AvgIpc) is 3.12. The van der Waals surface area contributed by atoms with Crippen LogP contribution in [0.25, 0.3) is 17.6 Å². The minimum atomic E-state index is 0.421. The summed E-state index contributed by atoms with van der Waals surface area (Å²) in [6.07, 6.45) is 3.80. The summed E-state index contributed by atoms with van der Waals surface area (Å²) in [5.74, 6) is 0.572. The first-order chi connectivity index (χ1) is 11.1. The van der Waals surface area contributed by atoms with Gasteiger partial charge in [0.05, 0.1) is 6.21 Å². The number of rotatable bonds is 4. The highest BCUT2D eigenvalue weighted by atomic mass is 32.1. The van der Waals surface area contributed by atoms with Crippen molar-refractivity contribution in [2.75, 3.05) is 0 Å². The smallest absolute Gasteiger partial charge is 0.216 e. The van der Waals surface area contributed by atoms with Crippen LogP contribution in [-0.4, -0.2) is 31.3 Å². The number of H-pyrrole nitrogens is 2. The molecule has 7 heteroatoms. The first-order valence-electron chi connectivity index (χ1n) is 7.11. The quantitative estimate of drug-likeness (QED) is 0.569. The lowest BCUT2D eigenvalue weighted by Crippen LogP contribution is -1.95. The number of benzene rings is 1. The van der Waals surface area contributed by atoms with Crippen molar-refractivity contribution in [1.82, 2.24) is 25.1 Å². The topological polar surface area (TPSA) is 74.7 Å². The maximum Gasteiger partial charge on any atom is 0.216 e. The molecule has 0 saturated carbocycles.